The number of hydrogen-bond acceptors (Lipinski definition) is 4. The summed E-state index contributed by atoms with van der Waals surface area (Å²) in [5.74, 6) is 2.92. The lowest BCUT2D eigenvalue weighted by Gasteiger charge is -2.10. The van der Waals surface area contributed by atoms with Gasteiger partial charge in [-0.3, -0.25) is 0 Å². The Kier molecular flexibility index (Phi) is 3.56. The molecular weight excluding hydrogens is 216 g/mol. The van der Waals surface area contributed by atoms with Crippen molar-refractivity contribution in [3.05, 3.63) is 29.9 Å². The highest BCUT2D eigenvalue weighted by molar-refractivity contribution is 5.01. The molecule has 1 atom stereocenters. The molecule has 0 aromatic carbocycles. The standard InChI is InChI=1S/C12H18N4O/c1-4-9(3)12-13-6-7-16(12)8-10-14-11(5-2)17-15-10/h6-7,9H,4-5,8H2,1-3H3. The Labute approximate surface area is 101 Å². The Hall–Kier alpha value is -1.65. The summed E-state index contributed by atoms with van der Waals surface area (Å²) in [6, 6.07) is 0. The SMILES string of the molecule is CCc1nc(Cn2ccnc2C(C)CC)no1. The summed E-state index contributed by atoms with van der Waals surface area (Å²) in [6.45, 7) is 6.96. The monoisotopic (exact) mass is 234 g/mol. The summed E-state index contributed by atoms with van der Waals surface area (Å²) in [5, 5.41) is 3.95. The van der Waals surface area contributed by atoms with Gasteiger partial charge in [-0.2, -0.15) is 4.98 Å². The summed E-state index contributed by atoms with van der Waals surface area (Å²) < 4.78 is 7.18. The average Bonchev–Trinajstić information content (AvgIpc) is 2.97. The van der Waals surface area contributed by atoms with E-state index in [1.807, 2.05) is 19.3 Å². The van der Waals surface area contributed by atoms with E-state index in [-0.39, 0.29) is 0 Å². The summed E-state index contributed by atoms with van der Waals surface area (Å²) in [7, 11) is 0. The van der Waals surface area contributed by atoms with Crippen molar-refractivity contribution in [3.63, 3.8) is 0 Å². The molecule has 0 bridgehead atoms. The van der Waals surface area contributed by atoms with Crippen LogP contribution in [-0.2, 0) is 13.0 Å². The van der Waals surface area contributed by atoms with E-state index in [9.17, 15) is 0 Å². The number of aryl methyl sites for hydroxylation is 1. The zero-order chi connectivity index (χ0) is 12.3. The van der Waals surface area contributed by atoms with Crippen molar-refractivity contribution in [1.29, 1.82) is 0 Å². The van der Waals surface area contributed by atoms with E-state index in [1.165, 1.54) is 0 Å². The molecule has 1 unspecified atom stereocenters. The molecule has 0 N–H and O–H groups in total. The van der Waals surface area contributed by atoms with Gasteiger partial charge in [0.1, 0.15) is 5.82 Å². The highest BCUT2D eigenvalue weighted by atomic mass is 16.5. The third kappa shape index (κ3) is 2.54. The van der Waals surface area contributed by atoms with Crippen LogP contribution in [0.5, 0.6) is 0 Å². The average molecular weight is 234 g/mol. The van der Waals surface area contributed by atoms with Gasteiger partial charge in [0.15, 0.2) is 5.82 Å². The molecule has 0 radical (unpaired) electrons. The summed E-state index contributed by atoms with van der Waals surface area (Å²) >= 11 is 0. The molecular formula is C12H18N4O. The number of hydrogen-bond donors (Lipinski definition) is 0. The largest absolute Gasteiger partial charge is 0.339 e. The lowest BCUT2D eigenvalue weighted by molar-refractivity contribution is 0.375. The number of aromatic nitrogens is 4. The van der Waals surface area contributed by atoms with Gasteiger partial charge in [-0.1, -0.05) is 25.9 Å². The van der Waals surface area contributed by atoms with Crippen molar-refractivity contribution in [2.75, 3.05) is 0 Å². The van der Waals surface area contributed by atoms with Crippen molar-refractivity contribution in [2.45, 2.75) is 46.1 Å². The lowest BCUT2D eigenvalue weighted by atomic mass is 10.1. The Morgan fingerprint density at radius 3 is 2.88 bits per heavy atom. The van der Waals surface area contributed by atoms with Gasteiger partial charge in [0.2, 0.25) is 5.89 Å². The van der Waals surface area contributed by atoms with E-state index in [4.69, 9.17) is 4.52 Å². The van der Waals surface area contributed by atoms with Crippen LogP contribution >= 0.6 is 0 Å². The fourth-order valence-corrected chi connectivity index (χ4v) is 1.72. The third-order valence-electron chi connectivity index (χ3n) is 2.93. The van der Waals surface area contributed by atoms with E-state index >= 15 is 0 Å². The van der Waals surface area contributed by atoms with Crippen molar-refractivity contribution in [2.24, 2.45) is 0 Å². The molecule has 0 amide bonds. The molecule has 2 aromatic heterocycles. The predicted molar refractivity (Wildman–Crippen MR) is 63.7 cm³/mol. The highest BCUT2D eigenvalue weighted by Crippen LogP contribution is 2.17. The summed E-state index contributed by atoms with van der Waals surface area (Å²) in [4.78, 5) is 8.69. The van der Waals surface area contributed by atoms with E-state index in [2.05, 4.69) is 33.5 Å². The number of imidazole rings is 1. The van der Waals surface area contributed by atoms with Crippen LogP contribution in [0.1, 0.15) is 50.6 Å². The first-order valence-corrected chi connectivity index (χ1v) is 6.07. The molecule has 0 saturated carbocycles. The van der Waals surface area contributed by atoms with Crippen LogP contribution < -0.4 is 0 Å². The molecule has 2 heterocycles. The van der Waals surface area contributed by atoms with Crippen LogP contribution in [0.3, 0.4) is 0 Å². The van der Waals surface area contributed by atoms with E-state index in [0.29, 0.717) is 24.2 Å². The lowest BCUT2D eigenvalue weighted by Crippen LogP contribution is -2.08. The number of nitrogens with zero attached hydrogens (tertiary/aromatic N) is 4. The van der Waals surface area contributed by atoms with Crippen LogP contribution in [0.25, 0.3) is 0 Å². The van der Waals surface area contributed by atoms with Gasteiger partial charge < -0.3 is 9.09 Å². The smallest absolute Gasteiger partial charge is 0.226 e. The van der Waals surface area contributed by atoms with Crippen LogP contribution in [0.4, 0.5) is 0 Å². The fraction of sp³-hybridized carbons (Fsp3) is 0.583. The molecule has 5 nitrogen and oxygen atoms in total. The predicted octanol–water partition coefficient (Wildman–Crippen LogP) is 2.39. The first-order valence-electron chi connectivity index (χ1n) is 6.07. The first-order chi connectivity index (χ1) is 8.24. The molecule has 0 aliphatic rings. The second-order valence-electron chi connectivity index (χ2n) is 4.18. The normalized spacial score (nSPS) is 12.9. The van der Waals surface area contributed by atoms with Gasteiger partial charge in [-0.05, 0) is 6.42 Å². The Balaban J connectivity index is 2.15. The van der Waals surface area contributed by atoms with Crippen LogP contribution in [0, 0.1) is 0 Å². The molecule has 0 fully saturated rings. The van der Waals surface area contributed by atoms with E-state index < -0.39 is 0 Å². The quantitative estimate of drug-likeness (QED) is 0.797. The van der Waals surface area contributed by atoms with E-state index in [1.54, 1.807) is 0 Å². The highest BCUT2D eigenvalue weighted by Gasteiger charge is 2.12. The Morgan fingerprint density at radius 2 is 2.24 bits per heavy atom. The maximum Gasteiger partial charge on any atom is 0.226 e. The van der Waals surface area contributed by atoms with Crippen molar-refractivity contribution < 1.29 is 4.52 Å². The second-order valence-corrected chi connectivity index (χ2v) is 4.18. The van der Waals surface area contributed by atoms with Gasteiger partial charge in [-0.15, -0.1) is 0 Å². The van der Waals surface area contributed by atoms with Gasteiger partial charge in [0.25, 0.3) is 0 Å². The van der Waals surface area contributed by atoms with Gasteiger partial charge in [0.05, 0.1) is 6.54 Å². The van der Waals surface area contributed by atoms with Gasteiger partial charge in [0, 0.05) is 24.7 Å². The van der Waals surface area contributed by atoms with Crippen LogP contribution in [0.2, 0.25) is 0 Å². The molecule has 92 valence electrons. The molecule has 17 heavy (non-hydrogen) atoms. The fourth-order valence-electron chi connectivity index (χ4n) is 1.72. The molecule has 2 rings (SSSR count). The first kappa shape index (κ1) is 11.8. The minimum Gasteiger partial charge on any atom is -0.339 e. The zero-order valence-corrected chi connectivity index (χ0v) is 10.6. The molecule has 0 aliphatic carbocycles. The molecule has 2 aromatic rings. The molecule has 0 saturated heterocycles. The van der Waals surface area contributed by atoms with Crippen molar-refractivity contribution in [1.82, 2.24) is 19.7 Å². The van der Waals surface area contributed by atoms with Crippen LogP contribution in [0.15, 0.2) is 16.9 Å². The zero-order valence-electron chi connectivity index (χ0n) is 10.6. The van der Waals surface area contributed by atoms with Gasteiger partial charge >= 0.3 is 0 Å². The topological polar surface area (TPSA) is 56.7 Å². The van der Waals surface area contributed by atoms with Gasteiger partial charge in [-0.25, -0.2) is 4.98 Å². The molecule has 0 spiro atoms. The third-order valence-corrected chi connectivity index (χ3v) is 2.93. The Morgan fingerprint density at radius 1 is 1.41 bits per heavy atom. The maximum atomic E-state index is 5.09. The maximum absolute atomic E-state index is 5.09. The molecule has 5 heteroatoms. The van der Waals surface area contributed by atoms with Crippen LogP contribution in [-0.4, -0.2) is 19.7 Å². The van der Waals surface area contributed by atoms with Crippen molar-refractivity contribution >= 4 is 0 Å². The second kappa shape index (κ2) is 5.12. The Bertz CT molecular complexity index is 474. The summed E-state index contributed by atoms with van der Waals surface area (Å²) in [6.07, 6.45) is 5.63. The number of rotatable bonds is 5. The minimum atomic E-state index is 0.447. The van der Waals surface area contributed by atoms with Crippen molar-refractivity contribution in [3.8, 4) is 0 Å². The van der Waals surface area contributed by atoms with E-state index in [0.717, 1.165) is 18.7 Å². The minimum absolute atomic E-state index is 0.447. The molecule has 0 aliphatic heterocycles. The summed E-state index contributed by atoms with van der Waals surface area (Å²) in [5.41, 5.74) is 0.